The van der Waals surface area contributed by atoms with Crippen molar-refractivity contribution in [3.8, 4) is 0 Å². The van der Waals surface area contributed by atoms with Gasteiger partial charge >= 0.3 is 0 Å². The van der Waals surface area contributed by atoms with Crippen LogP contribution in [0.2, 0.25) is 5.02 Å². The van der Waals surface area contributed by atoms with Gasteiger partial charge in [0.15, 0.2) is 4.96 Å². The van der Waals surface area contributed by atoms with Crippen molar-refractivity contribution in [3.63, 3.8) is 0 Å². The predicted molar refractivity (Wildman–Crippen MR) is 75.0 cm³/mol. The highest BCUT2D eigenvalue weighted by Crippen LogP contribution is 2.17. The van der Waals surface area contributed by atoms with Gasteiger partial charge in [-0.25, -0.2) is 9.97 Å². The van der Waals surface area contributed by atoms with E-state index in [0.717, 1.165) is 10.7 Å². The molecule has 0 aliphatic heterocycles. The molecule has 0 fully saturated rings. The minimum absolute atomic E-state index is 0.287. The van der Waals surface area contributed by atoms with Crippen LogP contribution < -0.4 is 5.32 Å². The molecule has 3 rings (SSSR count). The van der Waals surface area contributed by atoms with E-state index < -0.39 is 0 Å². The quantitative estimate of drug-likeness (QED) is 0.790. The molecule has 7 heteroatoms. The molecule has 0 radical (unpaired) electrons. The number of nitrogens with one attached hydrogen (secondary N) is 1. The first-order chi connectivity index (χ1) is 9.13. The summed E-state index contributed by atoms with van der Waals surface area (Å²) in [6.07, 6.45) is 3.19. The highest BCUT2D eigenvalue weighted by atomic mass is 35.5. The maximum atomic E-state index is 12.0. The number of rotatable bonds is 2. The number of aryl methyl sites for hydroxylation is 1. The summed E-state index contributed by atoms with van der Waals surface area (Å²) in [6, 6.07) is 3.31. The second kappa shape index (κ2) is 4.64. The van der Waals surface area contributed by atoms with Crippen LogP contribution in [0.15, 0.2) is 29.9 Å². The number of fused-ring (bicyclic) bond motifs is 1. The van der Waals surface area contributed by atoms with Gasteiger partial charge in [0, 0.05) is 23.5 Å². The van der Waals surface area contributed by atoms with Gasteiger partial charge in [0.05, 0.1) is 5.02 Å². The van der Waals surface area contributed by atoms with E-state index in [4.69, 9.17) is 11.6 Å². The lowest BCUT2D eigenvalue weighted by molar-refractivity contribution is 0.102. The number of nitrogens with zero attached hydrogens (tertiary/aromatic N) is 3. The summed E-state index contributed by atoms with van der Waals surface area (Å²) in [4.78, 5) is 21.1. The van der Waals surface area contributed by atoms with Gasteiger partial charge in [0.25, 0.3) is 5.91 Å². The van der Waals surface area contributed by atoms with Crippen LogP contribution in [0.1, 0.15) is 16.2 Å². The molecule has 0 unspecified atom stereocenters. The number of amides is 1. The van der Waals surface area contributed by atoms with Gasteiger partial charge in [-0.15, -0.1) is 11.3 Å². The third kappa shape index (κ3) is 2.32. The Kier molecular flexibility index (Phi) is 2.96. The number of thiazole rings is 1. The van der Waals surface area contributed by atoms with E-state index in [1.54, 1.807) is 18.3 Å². The standard InChI is InChI=1S/C12H9ClN4OS/c1-7-6-19-12-15-9(5-17(7)12)11(18)16-10-3-2-8(13)4-14-10/h2-6H,1H3,(H,14,16,18). The first-order valence-corrected chi connectivity index (χ1v) is 6.75. The highest BCUT2D eigenvalue weighted by molar-refractivity contribution is 7.15. The van der Waals surface area contributed by atoms with Crippen LogP contribution in [0, 0.1) is 6.92 Å². The zero-order valence-electron chi connectivity index (χ0n) is 9.92. The van der Waals surface area contributed by atoms with E-state index in [1.165, 1.54) is 17.5 Å². The summed E-state index contributed by atoms with van der Waals surface area (Å²) in [6.45, 7) is 1.97. The van der Waals surface area contributed by atoms with Crippen molar-refractivity contribution >= 4 is 39.6 Å². The van der Waals surface area contributed by atoms with E-state index in [1.807, 2.05) is 16.7 Å². The largest absolute Gasteiger partial charge is 0.305 e. The Morgan fingerprint density at radius 1 is 1.47 bits per heavy atom. The second-order valence-corrected chi connectivity index (χ2v) is 5.24. The van der Waals surface area contributed by atoms with Crippen LogP contribution in [0.4, 0.5) is 5.82 Å². The van der Waals surface area contributed by atoms with Gasteiger partial charge in [-0.05, 0) is 19.1 Å². The number of carbonyl (C=O) groups excluding carboxylic acids is 1. The number of halogens is 1. The lowest BCUT2D eigenvalue weighted by Gasteiger charge is -2.01. The number of aromatic nitrogens is 3. The van der Waals surface area contributed by atoms with Crippen molar-refractivity contribution in [3.05, 3.63) is 46.3 Å². The van der Waals surface area contributed by atoms with Crippen LogP contribution in [0.3, 0.4) is 0 Å². The number of carbonyl (C=O) groups is 1. The summed E-state index contributed by atoms with van der Waals surface area (Å²) in [5, 5.41) is 5.19. The van der Waals surface area contributed by atoms with Gasteiger partial charge < -0.3 is 5.32 Å². The van der Waals surface area contributed by atoms with Gasteiger partial charge in [-0.2, -0.15) is 0 Å². The van der Waals surface area contributed by atoms with Crippen molar-refractivity contribution < 1.29 is 4.79 Å². The fourth-order valence-electron chi connectivity index (χ4n) is 1.63. The first kappa shape index (κ1) is 12.1. The van der Waals surface area contributed by atoms with Crippen molar-refractivity contribution in [2.24, 2.45) is 0 Å². The summed E-state index contributed by atoms with van der Waals surface area (Å²) < 4.78 is 1.88. The summed E-state index contributed by atoms with van der Waals surface area (Å²) in [5.41, 5.74) is 1.42. The summed E-state index contributed by atoms with van der Waals surface area (Å²) >= 11 is 7.23. The Morgan fingerprint density at radius 2 is 2.32 bits per heavy atom. The molecule has 0 aliphatic rings. The lowest BCUT2D eigenvalue weighted by atomic mass is 10.4. The number of pyridine rings is 1. The summed E-state index contributed by atoms with van der Waals surface area (Å²) in [5.74, 6) is 0.160. The normalized spacial score (nSPS) is 10.8. The molecule has 3 aromatic heterocycles. The maximum absolute atomic E-state index is 12.0. The predicted octanol–water partition coefficient (Wildman–Crippen LogP) is 3.00. The number of hydrogen-bond acceptors (Lipinski definition) is 4. The summed E-state index contributed by atoms with van der Waals surface area (Å²) in [7, 11) is 0. The van der Waals surface area contributed by atoms with E-state index in [0.29, 0.717) is 16.5 Å². The molecular formula is C12H9ClN4OS. The van der Waals surface area contributed by atoms with Crippen LogP contribution in [0.25, 0.3) is 4.96 Å². The minimum Gasteiger partial charge on any atom is -0.305 e. The maximum Gasteiger partial charge on any atom is 0.277 e. The Labute approximate surface area is 117 Å². The van der Waals surface area contributed by atoms with Crippen molar-refractivity contribution in [2.75, 3.05) is 5.32 Å². The van der Waals surface area contributed by atoms with E-state index in [-0.39, 0.29) is 5.91 Å². The molecule has 0 spiro atoms. The van der Waals surface area contributed by atoms with Gasteiger partial charge in [0.2, 0.25) is 0 Å². The molecule has 0 saturated carbocycles. The molecule has 0 saturated heterocycles. The highest BCUT2D eigenvalue weighted by Gasteiger charge is 2.13. The number of hydrogen-bond donors (Lipinski definition) is 1. The molecular weight excluding hydrogens is 284 g/mol. The van der Waals surface area contributed by atoms with Crippen molar-refractivity contribution in [1.29, 1.82) is 0 Å². The monoisotopic (exact) mass is 292 g/mol. The number of imidazole rings is 1. The Morgan fingerprint density at radius 3 is 3.00 bits per heavy atom. The molecule has 0 bridgehead atoms. The van der Waals surface area contributed by atoms with Crippen molar-refractivity contribution in [2.45, 2.75) is 6.92 Å². The SMILES string of the molecule is Cc1csc2nc(C(=O)Nc3ccc(Cl)cn3)cn12. The first-order valence-electron chi connectivity index (χ1n) is 5.49. The zero-order chi connectivity index (χ0) is 13.4. The topological polar surface area (TPSA) is 59.3 Å². The zero-order valence-corrected chi connectivity index (χ0v) is 11.5. The Hall–Kier alpha value is -1.92. The van der Waals surface area contributed by atoms with E-state index in [9.17, 15) is 4.79 Å². The van der Waals surface area contributed by atoms with Gasteiger partial charge in [-0.3, -0.25) is 9.20 Å². The van der Waals surface area contributed by atoms with Crippen LogP contribution in [-0.2, 0) is 0 Å². The van der Waals surface area contributed by atoms with Crippen LogP contribution in [0.5, 0.6) is 0 Å². The molecule has 0 atom stereocenters. The van der Waals surface area contributed by atoms with Crippen LogP contribution >= 0.6 is 22.9 Å². The molecule has 3 aromatic rings. The average Bonchev–Trinajstić information content (AvgIpc) is 2.95. The van der Waals surface area contributed by atoms with Gasteiger partial charge in [-0.1, -0.05) is 11.6 Å². The van der Waals surface area contributed by atoms with E-state index >= 15 is 0 Å². The van der Waals surface area contributed by atoms with Crippen LogP contribution in [-0.4, -0.2) is 20.3 Å². The molecule has 1 amide bonds. The average molecular weight is 293 g/mol. The molecule has 19 heavy (non-hydrogen) atoms. The lowest BCUT2D eigenvalue weighted by Crippen LogP contribution is -2.13. The molecule has 1 N–H and O–H groups in total. The van der Waals surface area contributed by atoms with Crippen molar-refractivity contribution in [1.82, 2.24) is 14.4 Å². The van der Waals surface area contributed by atoms with Gasteiger partial charge in [0.1, 0.15) is 11.5 Å². The fourth-order valence-corrected chi connectivity index (χ4v) is 2.60. The molecule has 0 aliphatic carbocycles. The minimum atomic E-state index is -0.287. The molecule has 0 aromatic carbocycles. The number of anilines is 1. The molecule has 3 heterocycles. The third-order valence-corrected chi connectivity index (χ3v) is 3.77. The second-order valence-electron chi connectivity index (χ2n) is 3.97. The molecule has 5 nitrogen and oxygen atoms in total. The Bertz CT molecular complexity index is 747. The van der Waals surface area contributed by atoms with E-state index in [2.05, 4.69) is 15.3 Å². The smallest absolute Gasteiger partial charge is 0.277 e. The fraction of sp³-hybridized carbons (Fsp3) is 0.0833. The molecule has 96 valence electrons. The third-order valence-electron chi connectivity index (χ3n) is 2.59. The Balaban J connectivity index is 1.85.